The molecule has 1 aromatic carbocycles. The molecule has 15 heavy (non-hydrogen) atoms. The Kier molecular flexibility index (Phi) is 4.45. The summed E-state index contributed by atoms with van der Waals surface area (Å²) in [6.07, 6.45) is 0.979. The van der Waals surface area contributed by atoms with Crippen LogP contribution in [0.25, 0.3) is 0 Å². The first-order valence-electron chi connectivity index (χ1n) is 5.25. The van der Waals surface area contributed by atoms with Crippen molar-refractivity contribution in [2.75, 3.05) is 12.3 Å². The van der Waals surface area contributed by atoms with Gasteiger partial charge in [-0.2, -0.15) is 0 Å². The maximum Gasteiger partial charge on any atom is 0.156 e. The molecule has 0 bridgehead atoms. The van der Waals surface area contributed by atoms with Gasteiger partial charge in [0.05, 0.1) is 16.8 Å². The van der Waals surface area contributed by atoms with Crippen molar-refractivity contribution in [1.29, 1.82) is 0 Å². The lowest BCUT2D eigenvalue weighted by atomic mass is 10.1. The lowest BCUT2D eigenvalue weighted by molar-refractivity contribution is 0.271. The van der Waals surface area contributed by atoms with Gasteiger partial charge in [-0.1, -0.05) is 20.8 Å². The van der Waals surface area contributed by atoms with Crippen molar-refractivity contribution >= 4 is 21.6 Å². The number of anilines is 1. The molecule has 0 saturated heterocycles. The fourth-order valence-corrected chi connectivity index (χ4v) is 1.92. The smallest absolute Gasteiger partial charge is 0.156 e. The fourth-order valence-electron chi connectivity index (χ4n) is 1.28. The third-order valence-corrected chi connectivity index (χ3v) is 2.69. The molecule has 0 aliphatic heterocycles. The summed E-state index contributed by atoms with van der Waals surface area (Å²) < 4.78 is 6.60. The fraction of sp³-hybridized carbons (Fsp3) is 0.500. The Labute approximate surface area is 99.9 Å². The van der Waals surface area contributed by atoms with Crippen LogP contribution in [0.3, 0.4) is 0 Å². The molecule has 0 aliphatic carbocycles. The van der Waals surface area contributed by atoms with E-state index in [0.29, 0.717) is 18.2 Å². The van der Waals surface area contributed by atoms with Gasteiger partial charge in [-0.15, -0.1) is 0 Å². The van der Waals surface area contributed by atoms with Crippen LogP contribution in [0.1, 0.15) is 26.3 Å². The number of ether oxygens (including phenoxy) is 1. The van der Waals surface area contributed by atoms with Crippen LogP contribution in [-0.4, -0.2) is 6.61 Å². The van der Waals surface area contributed by atoms with E-state index in [2.05, 4.69) is 42.8 Å². The summed E-state index contributed by atoms with van der Waals surface area (Å²) in [7, 11) is 0. The summed E-state index contributed by atoms with van der Waals surface area (Å²) in [6.45, 7) is 7.03. The first kappa shape index (κ1) is 12.4. The minimum atomic E-state index is 0.502. The highest BCUT2D eigenvalue weighted by molar-refractivity contribution is 9.10. The molecule has 1 rings (SSSR count). The molecule has 3 heteroatoms. The van der Waals surface area contributed by atoms with E-state index in [4.69, 9.17) is 10.5 Å². The van der Waals surface area contributed by atoms with Crippen LogP contribution in [-0.2, 0) is 6.42 Å². The third-order valence-electron chi connectivity index (χ3n) is 2.10. The molecule has 84 valence electrons. The number of hydrogen-bond acceptors (Lipinski definition) is 2. The average Bonchev–Trinajstić information content (AvgIpc) is 2.15. The van der Waals surface area contributed by atoms with E-state index in [-0.39, 0.29) is 0 Å². The molecule has 0 amide bonds. The lowest BCUT2D eigenvalue weighted by Gasteiger charge is -2.13. The second-order valence-electron chi connectivity index (χ2n) is 4.05. The molecule has 0 saturated carbocycles. The van der Waals surface area contributed by atoms with Crippen LogP contribution in [0.2, 0.25) is 0 Å². The summed E-state index contributed by atoms with van der Waals surface area (Å²) in [5, 5.41) is 0. The Morgan fingerprint density at radius 3 is 2.53 bits per heavy atom. The molecule has 1 aromatic rings. The van der Waals surface area contributed by atoms with Gasteiger partial charge in [0.1, 0.15) is 0 Å². The van der Waals surface area contributed by atoms with Crippen molar-refractivity contribution in [2.24, 2.45) is 5.92 Å². The SMILES string of the molecule is CCc1cc(N)c(OCC(C)C)c(Br)c1. The number of benzene rings is 1. The van der Waals surface area contributed by atoms with Crippen LogP contribution in [0.5, 0.6) is 5.75 Å². The Morgan fingerprint density at radius 2 is 2.07 bits per heavy atom. The van der Waals surface area contributed by atoms with Crippen molar-refractivity contribution in [3.05, 3.63) is 22.2 Å². The van der Waals surface area contributed by atoms with Crippen LogP contribution in [0.15, 0.2) is 16.6 Å². The number of rotatable bonds is 4. The number of nitrogen functional groups attached to an aromatic ring is 1. The number of hydrogen-bond donors (Lipinski definition) is 1. The largest absolute Gasteiger partial charge is 0.490 e. The Bertz CT molecular complexity index is 313. The summed E-state index contributed by atoms with van der Waals surface area (Å²) in [4.78, 5) is 0. The summed E-state index contributed by atoms with van der Waals surface area (Å²) >= 11 is 3.48. The summed E-state index contributed by atoms with van der Waals surface area (Å²) in [5.74, 6) is 1.27. The van der Waals surface area contributed by atoms with Gasteiger partial charge in [0.15, 0.2) is 5.75 Å². The van der Waals surface area contributed by atoms with Gasteiger partial charge < -0.3 is 10.5 Å². The zero-order valence-corrected chi connectivity index (χ0v) is 11.1. The van der Waals surface area contributed by atoms with Gasteiger partial charge in [-0.05, 0) is 46.0 Å². The zero-order chi connectivity index (χ0) is 11.4. The highest BCUT2D eigenvalue weighted by Crippen LogP contribution is 2.33. The van der Waals surface area contributed by atoms with Crippen LogP contribution >= 0.6 is 15.9 Å². The van der Waals surface area contributed by atoms with Gasteiger partial charge in [-0.3, -0.25) is 0 Å². The number of nitrogens with two attached hydrogens (primary N) is 1. The molecule has 0 atom stereocenters. The Hall–Kier alpha value is -0.700. The van der Waals surface area contributed by atoms with Gasteiger partial charge in [0.25, 0.3) is 0 Å². The monoisotopic (exact) mass is 271 g/mol. The second kappa shape index (κ2) is 5.40. The normalized spacial score (nSPS) is 10.7. The van der Waals surface area contributed by atoms with Gasteiger partial charge in [0.2, 0.25) is 0 Å². The lowest BCUT2D eigenvalue weighted by Crippen LogP contribution is -2.07. The van der Waals surface area contributed by atoms with Gasteiger partial charge in [0, 0.05) is 0 Å². The molecule has 2 N–H and O–H groups in total. The van der Waals surface area contributed by atoms with E-state index in [9.17, 15) is 0 Å². The first-order valence-corrected chi connectivity index (χ1v) is 6.04. The van der Waals surface area contributed by atoms with Gasteiger partial charge >= 0.3 is 0 Å². The Morgan fingerprint density at radius 1 is 1.40 bits per heavy atom. The highest BCUT2D eigenvalue weighted by atomic mass is 79.9. The molecule has 0 heterocycles. The molecule has 0 aromatic heterocycles. The van der Waals surface area contributed by atoms with E-state index in [0.717, 1.165) is 16.6 Å². The number of halogens is 1. The molecular weight excluding hydrogens is 254 g/mol. The topological polar surface area (TPSA) is 35.2 Å². The third kappa shape index (κ3) is 3.42. The molecule has 0 fully saturated rings. The number of aryl methyl sites for hydroxylation is 1. The van der Waals surface area contributed by atoms with Crippen molar-refractivity contribution in [1.82, 2.24) is 0 Å². The molecule has 0 spiro atoms. The van der Waals surface area contributed by atoms with Crippen LogP contribution in [0, 0.1) is 5.92 Å². The average molecular weight is 272 g/mol. The quantitative estimate of drug-likeness (QED) is 0.849. The van der Waals surface area contributed by atoms with Crippen LogP contribution < -0.4 is 10.5 Å². The van der Waals surface area contributed by atoms with E-state index < -0.39 is 0 Å². The minimum absolute atomic E-state index is 0.502. The predicted molar refractivity (Wildman–Crippen MR) is 68.3 cm³/mol. The van der Waals surface area contributed by atoms with E-state index >= 15 is 0 Å². The van der Waals surface area contributed by atoms with Gasteiger partial charge in [-0.25, -0.2) is 0 Å². The van der Waals surface area contributed by atoms with Crippen LogP contribution in [0.4, 0.5) is 5.69 Å². The second-order valence-corrected chi connectivity index (χ2v) is 4.91. The highest BCUT2D eigenvalue weighted by Gasteiger charge is 2.08. The first-order chi connectivity index (χ1) is 7.04. The maximum atomic E-state index is 5.93. The minimum Gasteiger partial charge on any atom is -0.490 e. The molecule has 0 aliphatic rings. The Balaban J connectivity index is 2.88. The standard InChI is InChI=1S/C12H18BrNO/c1-4-9-5-10(13)12(11(14)6-9)15-7-8(2)3/h5-6,8H,4,7,14H2,1-3H3. The van der Waals surface area contributed by atoms with Crippen molar-refractivity contribution in [2.45, 2.75) is 27.2 Å². The predicted octanol–water partition coefficient (Wildman–Crippen LogP) is 3.63. The van der Waals surface area contributed by atoms with Crippen molar-refractivity contribution in [3.8, 4) is 5.75 Å². The van der Waals surface area contributed by atoms with Crippen molar-refractivity contribution in [3.63, 3.8) is 0 Å². The maximum absolute atomic E-state index is 5.93. The molecular formula is C12H18BrNO. The summed E-state index contributed by atoms with van der Waals surface area (Å²) in [5.41, 5.74) is 7.86. The van der Waals surface area contributed by atoms with E-state index in [1.54, 1.807) is 0 Å². The van der Waals surface area contributed by atoms with Crippen molar-refractivity contribution < 1.29 is 4.74 Å². The van der Waals surface area contributed by atoms with E-state index in [1.807, 2.05) is 6.07 Å². The zero-order valence-electron chi connectivity index (χ0n) is 9.51. The molecule has 2 nitrogen and oxygen atoms in total. The molecule has 0 radical (unpaired) electrons. The molecule has 0 unspecified atom stereocenters. The summed E-state index contributed by atoms with van der Waals surface area (Å²) in [6, 6.07) is 4.03. The van der Waals surface area contributed by atoms with E-state index in [1.165, 1.54) is 5.56 Å².